The number of benzene rings is 1. The molecular weight excluding hydrogens is 292 g/mol. The van der Waals surface area contributed by atoms with Gasteiger partial charge in [0.25, 0.3) is 5.91 Å². The van der Waals surface area contributed by atoms with Crippen molar-refractivity contribution in [2.75, 3.05) is 20.3 Å². The highest BCUT2D eigenvalue weighted by atomic mass is 16.5. The fourth-order valence-electron chi connectivity index (χ4n) is 3.23. The fourth-order valence-corrected chi connectivity index (χ4v) is 3.23. The number of hydrogen-bond acceptors (Lipinski definition) is 4. The van der Waals surface area contributed by atoms with Crippen LogP contribution in [-0.2, 0) is 4.74 Å². The number of likely N-dealkylation sites (N-methyl/N-ethyl adjacent to an activating group) is 1. The van der Waals surface area contributed by atoms with Gasteiger partial charge in [0.1, 0.15) is 0 Å². The third-order valence-corrected chi connectivity index (χ3v) is 4.45. The number of rotatable bonds is 2. The molecule has 0 saturated carbocycles. The van der Waals surface area contributed by atoms with E-state index in [1.54, 1.807) is 11.9 Å². The first kappa shape index (κ1) is 15.9. The van der Waals surface area contributed by atoms with Gasteiger partial charge in [0, 0.05) is 18.1 Å². The summed E-state index contributed by atoms with van der Waals surface area (Å²) in [4.78, 5) is 19.2. The maximum Gasteiger partial charge on any atom is 0.254 e. The van der Waals surface area contributed by atoms with E-state index in [1.807, 2.05) is 32.9 Å². The fraction of sp³-hybridized carbons (Fsp3) is 0.444. The zero-order chi connectivity index (χ0) is 16.7. The van der Waals surface area contributed by atoms with Crippen LogP contribution in [-0.4, -0.2) is 53.3 Å². The smallest absolute Gasteiger partial charge is 0.254 e. The molecule has 2 aromatic rings. The second kappa shape index (κ2) is 5.91. The average molecular weight is 314 g/mol. The van der Waals surface area contributed by atoms with E-state index in [4.69, 9.17) is 4.74 Å². The number of nitrogens with zero attached hydrogens (tertiary/aromatic N) is 2. The second-order valence-corrected chi connectivity index (χ2v) is 6.38. The number of aryl methyl sites for hydroxylation is 3. The molecule has 1 saturated heterocycles. The van der Waals surface area contributed by atoms with Crippen molar-refractivity contribution < 1.29 is 14.6 Å². The summed E-state index contributed by atoms with van der Waals surface area (Å²) in [6.07, 6.45) is -0.637. The molecule has 0 radical (unpaired) electrons. The number of aliphatic hydroxyl groups excluding tert-OH is 1. The van der Waals surface area contributed by atoms with Crippen LogP contribution in [0.4, 0.5) is 0 Å². The molecule has 0 spiro atoms. The summed E-state index contributed by atoms with van der Waals surface area (Å²) in [5, 5.41) is 10.8. The molecule has 1 amide bonds. The van der Waals surface area contributed by atoms with Gasteiger partial charge in [-0.1, -0.05) is 11.6 Å². The third kappa shape index (κ3) is 2.82. The van der Waals surface area contributed by atoms with E-state index >= 15 is 0 Å². The maximum absolute atomic E-state index is 13.0. The van der Waals surface area contributed by atoms with Crippen molar-refractivity contribution in [1.82, 2.24) is 9.88 Å². The van der Waals surface area contributed by atoms with Crippen molar-refractivity contribution in [3.63, 3.8) is 0 Å². The van der Waals surface area contributed by atoms with Gasteiger partial charge >= 0.3 is 0 Å². The van der Waals surface area contributed by atoms with Crippen molar-refractivity contribution in [2.24, 2.45) is 0 Å². The van der Waals surface area contributed by atoms with Crippen LogP contribution >= 0.6 is 0 Å². The second-order valence-electron chi connectivity index (χ2n) is 6.38. The van der Waals surface area contributed by atoms with E-state index in [0.29, 0.717) is 12.2 Å². The average Bonchev–Trinajstić information content (AvgIpc) is 2.92. The Kier molecular flexibility index (Phi) is 4.08. The largest absolute Gasteiger partial charge is 0.388 e. The molecule has 1 N–H and O–H groups in total. The molecule has 3 rings (SSSR count). The standard InChI is InChI=1S/C18H22N2O3/c1-10-5-11(2)17-13(6-10)14(7-12(3)19-17)18(22)20(4)15-8-23-9-16(15)21/h5-7,15-16,21H,8-9H2,1-4H3/t15-,16-/m0/s1. The van der Waals surface area contributed by atoms with Crippen LogP contribution in [0.5, 0.6) is 0 Å². The lowest BCUT2D eigenvalue weighted by Gasteiger charge is -2.26. The van der Waals surface area contributed by atoms with E-state index < -0.39 is 6.10 Å². The van der Waals surface area contributed by atoms with Gasteiger partial charge in [0.15, 0.2) is 0 Å². The van der Waals surface area contributed by atoms with Crippen molar-refractivity contribution in [3.05, 3.63) is 40.6 Å². The highest BCUT2D eigenvalue weighted by molar-refractivity contribution is 6.07. The van der Waals surface area contributed by atoms with Crippen molar-refractivity contribution in [3.8, 4) is 0 Å². The molecule has 1 aliphatic heterocycles. The minimum Gasteiger partial charge on any atom is -0.388 e. The monoisotopic (exact) mass is 314 g/mol. The lowest BCUT2D eigenvalue weighted by Crippen LogP contribution is -2.44. The summed E-state index contributed by atoms with van der Waals surface area (Å²) in [5.74, 6) is -0.111. The van der Waals surface area contributed by atoms with Gasteiger partial charge in [-0.05, 0) is 38.5 Å². The number of ether oxygens (including phenoxy) is 1. The summed E-state index contributed by atoms with van der Waals surface area (Å²) in [6.45, 7) is 6.55. The Labute approximate surface area is 135 Å². The molecule has 1 fully saturated rings. The molecule has 2 heterocycles. The Bertz CT molecular complexity index is 772. The zero-order valence-corrected chi connectivity index (χ0v) is 14.0. The van der Waals surface area contributed by atoms with Crippen LogP contribution < -0.4 is 0 Å². The van der Waals surface area contributed by atoms with Crippen molar-refractivity contribution in [1.29, 1.82) is 0 Å². The summed E-state index contributed by atoms with van der Waals surface area (Å²) < 4.78 is 5.27. The van der Waals surface area contributed by atoms with Crippen molar-refractivity contribution in [2.45, 2.75) is 32.9 Å². The number of fused-ring (bicyclic) bond motifs is 1. The van der Waals surface area contributed by atoms with Gasteiger partial charge in [-0.2, -0.15) is 0 Å². The first-order valence-corrected chi connectivity index (χ1v) is 7.80. The maximum atomic E-state index is 13.0. The normalized spacial score (nSPS) is 20.9. The number of aliphatic hydroxyl groups is 1. The Morgan fingerprint density at radius 2 is 2.00 bits per heavy atom. The predicted molar refractivity (Wildman–Crippen MR) is 88.7 cm³/mol. The Hall–Kier alpha value is -1.98. The number of carbonyl (C=O) groups is 1. The molecule has 1 aromatic carbocycles. The van der Waals surface area contributed by atoms with E-state index in [0.717, 1.165) is 27.7 Å². The predicted octanol–water partition coefficient (Wildman–Crippen LogP) is 1.99. The number of hydrogen-bond donors (Lipinski definition) is 1. The van der Waals surface area contributed by atoms with Gasteiger partial charge in [0.2, 0.25) is 0 Å². The highest BCUT2D eigenvalue weighted by Gasteiger charge is 2.33. The van der Waals surface area contributed by atoms with Gasteiger partial charge in [-0.15, -0.1) is 0 Å². The quantitative estimate of drug-likeness (QED) is 0.921. The topological polar surface area (TPSA) is 62.7 Å². The van der Waals surface area contributed by atoms with Gasteiger partial charge in [0.05, 0.1) is 36.4 Å². The zero-order valence-electron chi connectivity index (χ0n) is 14.0. The van der Waals surface area contributed by atoms with Gasteiger partial charge in [-0.25, -0.2) is 0 Å². The Balaban J connectivity index is 2.09. The molecule has 0 unspecified atom stereocenters. The molecule has 2 atom stereocenters. The SMILES string of the molecule is Cc1cc(C)c2nc(C)cc(C(=O)N(C)[C@H]3COC[C@@H]3O)c2c1. The summed E-state index contributed by atoms with van der Waals surface area (Å²) >= 11 is 0. The number of pyridine rings is 1. The van der Waals surface area contributed by atoms with Crippen LogP contribution in [0.15, 0.2) is 18.2 Å². The molecule has 5 nitrogen and oxygen atoms in total. The third-order valence-electron chi connectivity index (χ3n) is 4.45. The molecule has 1 aliphatic rings. The highest BCUT2D eigenvalue weighted by Crippen LogP contribution is 2.25. The molecule has 122 valence electrons. The number of aromatic nitrogens is 1. The van der Waals surface area contributed by atoms with E-state index in [9.17, 15) is 9.90 Å². The number of carbonyl (C=O) groups excluding carboxylic acids is 1. The molecule has 23 heavy (non-hydrogen) atoms. The molecule has 5 heteroatoms. The van der Waals surface area contributed by atoms with Crippen LogP contribution in [0.3, 0.4) is 0 Å². The first-order valence-electron chi connectivity index (χ1n) is 7.80. The molecule has 0 aliphatic carbocycles. The van der Waals surface area contributed by atoms with Crippen LogP contribution in [0, 0.1) is 20.8 Å². The van der Waals surface area contributed by atoms with E-state index in [2.05, 4.69) is 11.1 Å². The van der Waals surface area contributed by atoms with Gasteiger partial charge in [-0.3, -0.25) is 9.78 Å². The number of amides is 1. The molecular formula is C18H22N2O3. The van der Waals surface area contributed by atoms with Gasteiger partial charge < -0.3 is 14.7 Å². The first-order chi connectivity index (χ1) is 10.9. The lowest BCUT2D eigenvalue weighted by atomic mass is 10.0. The van der Waals surface area contributed by atoms with Crippen LogP contribution in [0.2, 0.25) is 0 Å². The van der Waals surface area contributed by atoms with Crippen LogP contribution in [0.25, 0.3) is 10.9 Å². The Morgan fingerprint density at radius 1 is 1.26 bits per heavy atom. The summed E-state index contributed by atoms with van der Waals surface area (Å²) in [7, 11) is 1.72. The summed E-state index contributed by atoms with van der Waals surface area (Å²) in [6, 6.07) is 5.58. The Morgan fingerprint density at radius 3 is 2.65 bits per heavy atom. The molecule has 0 bridgehead atoms. The summed E-state index contributed by atoms with van der Waals surface area (Å²) in [5.41, 5.74) is 4.45. The van der Waals surface area contributed by atoms with E-state index in [-0.39, 0.29) is 18.6 Å². The molecule has 1 aromatic heterocycles. The minimum atomic E-state index is -0.637. The minimum absolute atomic E-state index is 0.111. The lowest BCUT2D eigenvalue weighted by molar-refractivity contribution is 0.0583. The van der Waals surface area contributed by atoms with E-state index in [1.165, 1.54) is 0 Å². The van der Waals surface area contributed by atoms with Crippen molar-refractivity contribution >= 4 is 16.8 Å². The van der Waals surface area contributed by atoms with Crippen LogP contribution in [0.1, 0.15) is 27.2 Å².